The molecule has 1 heteroatoms. The van der Waals surface area contributed by atoms with E-state index in [9.17, 15) is 0 Å². The van der Waals surface area contributed by atoms with Crippen LogP contribution in [0.3, 0.4) is 0 Å². The van der Waals surface area contributed by atoms with Gasteiger partial charge in [-0.05, 0) is 40.1 Å². The van der Waals surface area contributed by atoms with Gasteiger partial charge < -0.3 is 0 Å². The van der Waals surface area contributed by atoms with Crippen LogP contribution in [0, 0.1) is 0 Å². The van der Waals surface area contributed by atoms with Crippen LogP contribution in [-0.4, -0.2) is 11.9 Å². The van der Waals surface area contributed by atoms with E-state index in [1.54, 1.807) is 11.1 Å². The molecule has 2 aliphatic rings. The number of fused-ring (bicyclic) bond motifs is 5. The normalized spacial score (nSPS) is 25.4. The standard InChI is InChI=1S/C19H27N/c1-18(2,3)12-8-9-13(19(4,5)6)17-15-11-10-14(16(12)17)20(15)7/h8-11,14-15H,1-7H3. The molecule has 1 aromatic rings. The van der Waals surface area contributed by atoms with Crippen molar-refractivity contribution in [2.75, 3.05) is 7.05 Å². The van der Waals surface area contributed by atoms with E-state index >= 15 is 0 Å². The third-order valence-electron chi connectivity index (χ3n) is 4.85. The summed E-state index contributed by atoms with van der Waals surface area (Å²) in [6, 6.07) is 5.71. The van der Waals surface area contributed by atoms with Gasteiger partial charge in [0.25, 0.3) is 0 Å². The zero-order chi connectivity index (χ0) is 14.9. The molecule has 0 N–H and O–H groups in total. The smallest absolute Gasteiger partial charge is 0.0544 e. The lowest BCUT2D eigenvalue weighted by Gasteiger charge is -2.30. The number of likely N-dealkylation sites (N-methyl/N-ethyl adjacent to an activating group) is 1. The molecule has 0 saturated heterocycles. The summed E-state index contributed by atoms with van der Waals surface area (Å²) in [5.41, 5.74) is 6.62. The molecule has 2 atom stereocenters. The summed E-state index contributed by atoms with van der Waals surface area (Å²) >= 11 is 0. The topological polar surface area (TPSA) is 3.24 Å². The van der Waals surface area contributed by atoms with Crippen LogP contribution in [0.25, 0.3) is 0 Å². The van der Waals surface area contributed by atoms with Gasteiger partial charge in [-0.3, -0.25) is 4.90 Å². The van der Waals surface area contributed by atoms with E-state index < -0.39 is 0 Å². The summed E-state index contributed by atoms with van der Waals surface area (Å²) in [7, 11) is 2.26. The van der Waals surface area contributed by atoms with Crippen molar-refractivity contribution in [1.82, 2.24) is 4.90 Å². The average Bonchev–Trinajstić information content (AvgIpc) is 2.79. The minimum Gasteiger partial charge on any atom is -0.285 e. The lowest BCUT2D eigenvalue weighted by Crippen LogP contribution is -2.20. The molecule has 0 radical (unpaired) electrons. The second kappa shape index (κ2) is 3.98. The Bertz CT molecular complexity index is 530. The summed E-state index contributed by atoms with van der Waals surface area (Å²) in [6.07, 6.45) is 4.77. The van der Waals surface area contributed by atoms with Crippen LogP contribution < -0.4 is 0 Å². The third-order valence-corrected chi connectivity index (χ3v) is 4.85. The van der Waals surface area contributed by atoms with E-state index in [0.717, 1.165) is 0 Å². The molecule has 0 aromatic heterocycles. The summed E-state index contributed by atoms with van der Waals surface area (Å²) in [4.78, 5) is 2.51. The Balaban J connectivity index is 2.30. The van der Waals surface area contributed by atoms with Gasteiger partial charge in [-0.25, -0.2) is 0 Å². The molecule has 2 aliphatic heterocycles. The fourth-order valence-electron chi connectivity index (χ4n) is 3.84. The molecular formula is C19H27N. The van der Waals surface area contributed by atoms with Gasteiger partial charge in [0.05, 0.1) is 12.1 Å². The van der Waals surface area contributed by atoms with Crippen molar-refractivity contribution in [3.05, 3.63) is 46.5 Å². The van der Waals surface area contributed by atoms with E-state index in [2.05, 4.69) is 77.8 Å². The lowest BCUT2D eigenvalue weighted by atomic mass is 9.73. The van der Waals surface area contributed by atoms with Gasteiger partial charge in [0.15, 0.2) is 0 Å². The Kier molecular flexibility index (Phi) is 2.76. The lowest BCUT2D eigenvalue weighted by molar-refractivity contribution is 0.297. The van der Waals surface area contributed by atoms with E-state index in [1.807, 2.05) is 0 Å². The van der Waals surface area contributed by atoms with Crippen LogP contribution in [0.1, 0.15) is 75.9 Å². The van der Waals surface area contributed by atoms with Crippen LogP contribution in [-0.2, 0) is 10.8 Å². The number of hydrogen-bond donors (Lipinski definition) is 0. The zero-order valence-electron chi connectivity index (χ0n) is 13.9. The molecule has 20 heavy (non-hydrogen) atoms. The second-order valence-corrected chi connectivity index (χ2v) is 8.43. The van der Waals surface area contributed by atoms with Crippen molar-refractivity contribution in [3.8, 4) is 0 Å². The first-order valence-corrected chi connectivity index (χ1v) is 7.70. The number of rotatable bonds is 0. The highest BCUT2D eigenvalue weighted by atomic mass is 15.2. The Morgan fingerprint density at radius 1 is 0.750 bits per heavy atom. The van der Waals surface area contributed by atoms with Crippen LogP contribution in [0.5, 0.6) is 0 Å². The molecule has 2 bridgehead atoms. The first kappa shape index (κ1) is 13.9. The first-order chi connectivity index (χ1) is 9.12. The first-order valence-electron chi connectivity index (χ1n) is 7.70. The molecule has 2 unspecified atom stereocenters. The Labute approximate surface area is 123 Å². The number of hydrogen-bond acceptors (Lipinski definition) is 1. The fraction of sp³-hybridized carbons (Fsp3) is 0.579. The second-order valence-electron chi connectivity index (χ2n) is 8.43. The molecule has 1 nitrogen and oxygen atoms in total. The number of nitrogens with zero attached hydrogens (tertiary/aromatic N) is 1. The largest absolute Gasteiger partial charge is 0.285 e. The summed E-state index contributed by atoms with van der Waals surface area (Å²) < 4.78 is 0. The maximum absolute atomic E-state index is 2.51. The molecule has 108 valence electrons. The van der Waals surface area contributed by atoms with Crippen LogP contribution in [0.15, 0.2) is 24.3 Å². The van der Waals surface area contributed by atoms with Crippen molar-refractivity contribution in [1.29, 1.82) is 0 Å². The average molecular weight is 269 g/mol. The summed E-state index contributed by atoms with van der Waals surface area (Å²) in [5, 5.41) is 0. The maximum atomic E-state index is 2.51. The SMILES string of the molecule is CN1C2C=CC1c1c(C(C)(C)C)ccc(C(C)(C)C)c12. The highest BCUT2D eigenvalue weighted by molar-refractivity contribution is 5.57. The molecular weight excluding hydrogens is 242 g/mol. The minimum atomic E-state index is 0.208. The Morgan fingerprint density at radius 2 is 1.10 bits per heavy atom. The molecule has 2 heterocycles. The van der Waals surface area contributed by atoms with Crippen molar-refractivity contribution in [2.45, 2.75) is 64.5 Å². The highest BCUT2D eigenvalue weighted by Crippen LogP contribution is 2.53. The van der Waals surface area contributed by atoms with Crippen molar-refractivity contribution in [2.24, 2.45) is 0 Å². The molecule has 0 fully saturated rings. The minimum absolute atomic E-state index is 0.208. The van der Waals surface area contributed by atoms with Crippen molar-refractivity contribution in [3.63, 3.8) is 0 Å². The van der Waals surface area contributed by atoms with Crippen LogP contribution in [0.2, 0.25) is 0 Å². The van der Waals surface area contributed by atoms with Crippen LogP contribution >= 0.6 is 0 Å². The molecule has 0 spiro atoms. The molecule has 0 aliphatic carbocycles. The number of benzene rings is 1. The van der Waals surface area contributed by atoms with Gasteiger partial charge in [-0.1, -0.05) is 65.8 Å². The monoisotopic (exact) mass is 269 g/mol. The van der Waals surface area contributed by atoms with E-state index in [4.69, 9.17) is 0 Å². The van der Waals surface area contributed by atoms with Gasteiger partial charge in [0, 0.05) is 0 Å². The quantitative estimate of drug-likeness (QED) is 0.607. The predicted octanol–water partition coefficient (Wildman–Crippen LogP) is 4.88. The van der Waals surface area contributed by atoms with Gasteiger partial charge in [-0.15, -0.1) is 0 Å². The summed E-state index contributed by atoms with van der Waals surface area (Å²) in [6.45, 7) is 14.0. The van der Waals surface area contributed by atoms with Gasteiger partial charge >= 0.3 is 0 Å². The van der Waals surface area contributed by atoms with E-state index in [-0.39, 0.29) is 10.8 Å². The third kappa shape index (κ3) is 1.79. The summed E-state index contributed by atoms with van der Waals surface area (Å²) in [5.74, 6) is 0. The molecule has 3 rings (SSSR count). The fourth-order valence-corrected chi connectivity index (χ4v) is 3.84. The molecule has 1 aromatic carbocycles. The van der Waals surface area contributed by atoms with E-state index in [0.29, 0.717) is 12.1 Å². The van der Waals surface area contributed by atoms with Gasteiger partial charge in [0.2, 0.25) is 0 Å². The zero-order valence-corrected chi connectivity index (χ0v) is 13.9. The van der Waals surface area contributed by atoms with Crippen molar-refractivity contribution < 1.29 is 0 Å². The van der Waals surface area contributed by atoms with Crippen LogP contribution in [0.4, 0.5) is 0 Å². The van der Waals surface area contributed by atoms with Crippen molar-refractivity contribution >= 4 is 0 Å². The molecule has 0 saturated carbocycles. The molecule has 0 amide bonds. The van der Waals surface area contributed by atoms with Gasteiger partial charge in [-0.2, -0.15) is 0 Å². The van der Waals surface area contributed by atoms with Gasteiger partial charge in [0.1, 0.15) is 0 Å². The maximum Gasteiger partial charge on any atom is 0.0544 e. The van der Waals surface area contributed by atoms with E-state index in [1.165, 1.54) is 11.1 Å². The Morgan fingerprint density at radius 3 is 1.40 bits per heavy atom. The Hall–Kier alpha value is -1.08. The highest BCUT2D eigenvalue weighted by Gasteiger charge is 2.43. The predicted molar refractivity (Wildman–Crippen MR) is 86.2 cm³/mol.